The summed E-state index contributed by atoms with van der Waals surface area (Å²) in [6.07, 6.45) is 4.22. The van der Waals surface area contributed by atoms with Crippen LogP contribution in [0.15, 0.2) is 64.4 Å². The number of phenols is 1. The average molecular weight is 371 g/mol. The van der Waals surface area contributed by atoms with Gasteiger partial charge < -0.3 is 14.6 Å². The van der Waals surface area contributed by atoms with E-state index in [1.807, 2.05) is 0 Å². The van der Waals surface area contributed by atoms with Crippen molar-refractivity contribution in [2.24, 2.45) is 0 Å². The summed E-state index contributed by atoms with van der Waals surface area (Å²) in [6.45, 7) is 0. The Bertz CT molecular complexity index is 961. The Hall–Kier alpha value is -3.24. The second-order valence-electron chi connectivity index (χ2n) is 5.09. The molecular weight excluding hydrogens is 354 g/mol. The van der Waals surface area contributed by atoms with Crippen LogP contribution in [-0.4, -0.2) is 27.7 Å². The van der Waals surface area contributed by atoms with Crippen molar-refractivity contribution in [1.29, 1.82) is 5.26 Å². The maximum atomic E-state index is 12.5. The topological polar surface area (TPSA) is 96.6 Å². The van der Waals surface area contributed by atoms with Gasteiger partial charge in [0.15, 0.2) is 11.5 Å². The third kappa shape index (κ3) is 4.05. The van der Waals surface area contributed by atoms with Crippen LogP contribution >= 0.6 is 0 Å². The van der Waals surface area contributed by atoms with Gasteiger partial charge in [0.25, 0.3) is 0 Å². The Morgan fingerprint density at radius 2 is 1.69 bits per heavy atom. The first kappa shape index (κ1) is 19.1. The summed E-state index contributed by atoms with van der Waals surface area (Å²) in [5.74, 6) is 0.294. The van der Waals surface area contributed by atoms with E-state index in [1.54, 1.807) is 42.5 Å². The Labute approximate surface area is 152 Å². The number of aromatic hydroxyl groups is 1. The van der Waals surface area contributed by atoms with Crippen molar-refractivity contribution in [2.75, 3.05) is 14.2 Å². The number of sulfone groups is 1. The van der Waals surface area contributed by atoms with Gasteiger partial charge in [-0.2, -0.15) is 5.26 Å². The minimum atomic E-state index is -3.88. The number of rotatable bonds is 6. The largest absolute Gasteiger partial charge is 0.502 e. The number of ether oxygens (including phenoxy) is 2. The molecule has 0 spiro atoms. The molecule has 2 aromatic carbocycles. The summed E-state index contributed by atoms with van der Waals surface area (Å²) in [5, 5.41) is 19.1. The van der Waals surface area contributed by atoms with Crippen LogP contribution in [0, 0.1) is 11.3 Å². The van der Waals surface area contributed by atoms with Gasteiger partial charge in [-0.25, -0.2) is 8.42 Å². The number of nitrogens with zero attached hydrogens (tertiary/aromatic N) is 1. The molecule has 0 fully saturated rings. The van der Waals surface area contributed by atoms with Gasteiger partial charge in [0.05, 0.1) is 19.1 Å². The van der Waals surface area contributed by atoms with E-state index in [0.717, 1.165) is 0 Å². The Kier molecular flexibility index (Phi) is 6.04. The lowest BCUT2D eigenvalue weighted by Gasteiger charge is -2.09. The summed E-state index contributed by atoms with van der Waals surface area (Å²) in [6, 6.07) is 12.6. The Morgan fingerprint density at radius 3 is 2.19 bits per heavy atom. The van der Waals surface area contributed by atoms with E-state index in [4.69, 9.17) is 9.47 Å². The van der Waals surface area contributed by atoms with Gasteiger partial charge in [0, 0.05) is 0 Å². The van der Waals surface area contributed by atoms with E-state index < -0.39 is 9.84 Å². The second kappa shape index (κ2) is 8.23. The molecule has 2 aromatic rings. The molecular formula is C19H17NO5S. The minimum absolute atomic E-state index is 0.0502. The van der Waals surface area contributed by atoms with E-state index in [0.29, 0.717) is 5.56 Å². The number of phenolic OH excluding ortho intramolecular Hbond substituents is 1. The summed E-state index contributed by atoms with van der Waals surface area (Å²) in [4.78, 5) is -0.327. The molecule has 0 heterocycles. The SMILES string of the molecule is COc1cc(C=CC=C(C#N)S(=O)(=O)c2ccccc2)cc(OC)c1O. The fourth-order valence-electron chi connectivity index (χ4n) is 2.17. The van der Waals surface area contributed by atoms with Crippen molar-refractivity contribution in [2.45, 2.75) is 4.90 Å². The highest BCUT2D eigenvalue weighted by molar-refractivity contribution is 7.95. The van der Waals surface area contributed by atoms with Gasteiger partial charge in [0.2, 0.25) is 15.6 Å². The van der Waals surface area contributed by atoms with Crippen molar-refractivity contribution in [3.8, 4) is 23.3 Å². The van der Waals surface area contributed by atoms with Gasteiger partial charge in [-0.1, -0.05) is 30.4 Å². The second-order valence-corrected chi connectivity index (χ2v) is 7.01. The normalized spacial score (nSPS) is 12.0. The molecule has 2 rings (SSSR count). The average Bonchev–Trinajstić information content (AvgIpc) is 2.66. The van der Waals surface area contributed by atoms with Crippen LogP contribution < -0.4 is 9.47 Å². The Balaban J connectivity index is 2.37. The van der Waals surface area contributed by atoms with Crippen molar-refractivity contribution >= 4 is 15.9 Å². The lowest BCUT2D eigenvalue weighted by Crippen LogP contribution is -2.02. The van der Waals surface area contributed by atoms with E-state index in [9.17, 15) is 18.8 Å². The Morgan fingerprint density at radius 1 is 1.12 bits per heavy atom. The maximum absolute atomic E-state index is 12.5. The predicted octanol–water partition coefficient (Wildman–Crippen LogP) is 3.30. The molecule has 0 aliphatic rings. The fraction of sp³-hybridized carbons (Fsp3) is 0.105. The lowest BCUT2D eigenvalue weighted by atomic mass is 10.1. The first-order valence-electron chi connectivity index (χ1n) is 7.47. The van der Waals surface area contributed by atoms with Crippen LogP contribution in [-0.2, 0) is 9.84 Å². The molecule has 1 N–H and O–H groups in total. The van der Waals surface area contributed by atoms with E-state index in [1.165, 1.54) is 38.5 Å². The molecule has 6 nitrogen and oxygen atoms in total. The van der Waals surface area contributed by atoms with Crippen LogP contribution in [0.1, 0.15) is 5.56 Å². The molecule has 0 aliphatic carbocycles. The van der Waals surface area contributed by atoms with Gasteiger partial charge in [0.1, 0.15) is 11.0 Å². The lowest BCUT2D eigenvalue weighted by molar-refractivity contribution is 0.340. The van der Waals surface area contributed by atoms with Crippen LogP contribution in [0.25, 0.3) is 6.08 Å². The van der Waals surface area contributed by atoms with Crippen molar-refractivity contribution in [1.82, 2.24) is 0 Å². The van der Waals surface area contributed by atoms with Gasteiger partial charge in [-0.15, -0.1) is 0 Å². The standard InChI is InChI=1S/C19H17NO5S/c1-24-17-11-14(12-18(25-2)19(17)21)7-6-10-16(13-20)26(22,23)15-8-4-3-5-9-15/h3-12,21H,1-2H3. The van der Waals surface area contributed by atoms with Gasteiger partial charge >= 0.3 is 0 Å². The number of methoxy groups -OCH3 is 2. The summed E-state index contributed by atoms with van der Waals surface area (Å²) in [5.41, 5.74) is 0.599. The zero-order valence-corrected chi connectivity index (χ0v) is 15.0. The van der Waals surface area contributed by atoms with Crippen molar-refractivity contribution < 1.29 is 23.0 Å². The first-order valence-corrected chi connectivity index (χ1v) is 8.96. The number of benzene rings is 2. The zero-order chi connectivity index (χ0) is 19.2. The first-order chi connectivity index (χ1) is 12.4. The summed E-state index contributed by atoms with van der Waals surface area (Å²) >= 11 is 0. The minimum Gasteiger partial charge on any atom is -0.502 e. The molecule has 26 heavy (non-hydrogen) atoms. The van der Waals surface area contributed by atoms with E-state index in [-0.39, 0.29) is 27.0 Å². The molecule has 0 atom stereocenters. The van der Waals surface area contributed by atoms with Crippen LogP contribution in [0.2, 0.25) is 0 Å². The molecule has 0 unspecified atom stereocenters. The highest BCUT2D eigenvalue weighted by Gasteiger charge is 2.19. The molecule has 0 saturated carbocycles. The summed E-state index contributed by atoms with van der Waals surface area (Å²) in [7, 11) is -1.07. The summed E-state index contributed by atoms with van der Waals surface area (Å²) < 4.78 is 35.0. The fourth-order valence-corrected chi connectivity index (χ4v) is 3.32. The molecule has 0 saturated heterocycles. The molecule has 7 heteroatoms. The highest BCUT2D eigenvalue weighted by Crippen LogP contribution is 2.37. The third-order valence-corrected chi connectivity index (χ3v) is 5.19. The van der Waals surface area contributed by atoms with Crippen LogP contribution in [0.3, 0.4) is 0 Å². The molecule has 0 radical (unpaired) electrons. The third-order valence-electron chi connectivity index (χ3n) is 3.49. The monoisotopic (exact) mass is 371 g/mol. The number of allylic oxidation sites excluding steroid dienone is 3. The molecule has 0 amide bonds. The van der Waals surface area contributed by atoms with Gasteiger partial charge in [-0.3, -0.25) is 0 Å². The quantitative estimate of drug-likeness (QED) is 0.618. The van der Waals surface area contributed by atoms with Crippen LogP contribution in [0.4, 0.5) is 0 Å². The molecule has 134 valence electrons. The van der Waals surface area contributed by atoms with Crippen molar-refractivity contribution in [3.05, 3.63) is 65.1 Å². The predicted molar refractivity (Wildman–Crippen MR) is 97.6 cm³/mol. The number of hydrogen-bond acceptors (Lipinski definition) is 6. The molecule has 0 bridgehead atoms. The van der Waals surface area contributed by atoms with Crippen molar-refractivity contribution in [3.63, 3.8) is 0 Å². The van der Waals surface area contributed by atoms with Gasteiger partial charge in [-0.05, 0) is 35.9 Å². The molecule has 0 aromatic heterocycles. The smallest absolute Gasteiger partial charge is 0.216 e. The number of nitriles is 1. The maximum Gasteiger partial charge on any atom is 0.216 e. The zero-order valence-electron chi connectivity index (χ0n) is 14.2. The van der Waals surface area contributed by atoms with E-state index in [2.05, 4.69) is 0 Å². The molecule has 0 aliphatic heterocycles. The highest BCUT2D eigenvalue weighted by atomic mass is 32.2. The van der Waals surface area contributed by atoms with Crippen LogP contribution in [0.5, 0.6) is 17.2 Å². The van der Waals surface area contributed by atoms with E-state index >= 15 is 0 Å². The number of hydrogen-bond donors (Lipinski definition) is 1.